The summed E-state index contributed by atoms with van der Waals surface area (Å²) in [6.07, 6.45) is 7.61. The molecule has 32 heavy (non-hydrogen) atoms. The largest absolute Gasteiger partial charge is 0.376 e. The van der Waals surface area contributed by atoms with E-state index < -0.39 is 0 Å². The molecule has 1 aromatic carbocycles. The molecule has 0 unspecified atom stereocenters. The Morgan fingerprint density at radius 3 is 2.78 bits per heavy atom. The molecule has 0 spiro atoms. The van der Waals surface area contributed by atoms with Crippen LogP contribution in [0.2, 0.25) is 0 Å². The maximum atomic E-state index is 5.82. The van der Waals surface area contributed by atoms with E-state index in [0.29, 0.717) is 0 Å². The van der Waals surface area contributed by atoms with Crippen molar-refractivity contribution < 1.29 is 4.74 Å². The molecule has 1 N–H and O–H groups in total. The first-order valence-corrected chi connectivity index (χ1v) is 11.6. The Kier molecular flexibility index (Phi) is 5.93. The van der Waals surface area contributed by atoms with Crippen molar-refractivity contribution in [3.05, 3.63) is 59.9 Å². The number of benzene rings is 1. The lowest BCUT2D eigenvalue weighted by Gasteiger charge is -2.49. The van der Waals surface area contributed by atoms with Crippen LogP contribution >= 0.6 is 0 Å². The molecular weight excluding hydrogens is 400 g/mol. The number of nitrogens with zero attached hydrogens (tertiary/aromatic N) is 5. The molecule has 0 aliphatic carbocycles. The van der Waals surface area contributed by atoms with E-state index in [4.69, 9.17) is 9.72 Å². The van der Waals surface area contributed by atoms with Crippen molar-refractivity contribution in [1.82, 2.24) is 24.9 Å². The smallest absolute Gasteiger partial charge is 0.131 e. The van der Waals surface area contributed by atoms with Gasteiger partial charge in [-0.05, 0) is 50.3 Å². The zero-order chi connectivity index (χ0) is 22.0. The Balaban J connectivity index is 1.19. The van der Waals surface area contributed by atoms with Crippen molar-refractivity contribution in [3.63, 3.8) is 0 Å². The average molecular weight is 433 g/mol. The monoisotopic (exact) mass is 432 g/mol. The van der Waals surface area contributed by atoms with Gasteiger partial charge in [0.1, 0.15) is 5.69 Å². The number of hydrogen-bond donors (Lipinski definition) is 1. The molecule has 3 aromatic rings. The molecule has 1 atom stereocenters. The molecule has 2 aliphatic rings. The number of aryl methyl sites for hydroxylation is 1. The van der Waals surface area contributed by atoms with Gasteiger partial charge in [-0.2, -0.15) is 0 Å². The van der Waals surface area contributed by atoms with E-state index in [9.17, 15) is 0 Å². The lowest BCUT2D eigenvalue weighted by atomic mass is 9.91. The van der Waals surface area contributed by atoms with Gasteiger partial charge >= 0.3 is 0 Å². The van der Waals surface area contributed by atoms with Gasteiger partial charge in [-0.1, -0.05) is 35.5 Å². The number of ether oxygens (including phenoxy) is 1. The van der Waals surface area contributed by atoms with Gasteiger partial charge in [0, 0.05) is 26.2 Å². The Bertz CT molecular complexity index is 1040. The van der Waals surface area contributed by atoms with Crippen LogP contribution < -0.4 is 5.32 Å². The molecule has 5 rings (SSSR count). The highest BCUT2D eigenvalue weighted by atomic mass is 16.5. The molecule has 7 heteroatoms. The van der Waals surface area contributed by atoms with Crippen molar-refractivity contribution >= 4 is 5.69 Å². The second kappa shape index (κ2) is 9.00. The van der Waals surface area contributed by atoms with Crippen molar-refractivity contribution in [2.24, 2.45) is 0 Å². The average Bonchev–Trinajstić information content (AvgIpc) is 3.22. The molecule has 2 saturated heterocycles. The van der Waals surface area contributed by atoms with Crippen LogP contribution in [0.15, 0.2) is 48.8 Å². The molecule has 2 aliphatic heterocycles. The zero-order valence-corrected chi connectivity index (χ0v) is 19.0. The highest BCUT2D eigenvalue weighted by molar-refractivity contribution is 5.61. The lowest BCUT2D eigenvalue weighted by Crippen LogP contribution is -2.63. The summed E-state index contributed by atoms with van der Waals surface area (Å²) in [5.41, 5.74) is 5.27. The van der Waals surface area contributed by atoms with Gasteiger partial charge in [0.2, 0.25) is 0 Å². The summed E-state index contributed by atoms with van der Waals surface area (Å²) < 4.78 is 7.71. The number of hydrogen-bond acceptors (Lipinski definition) is 6. The third-order valence-corrected chi connectivity index (χ3v) is 6.36. The van der Waals surface area contributed by atoms with Gasteiger partial charge < -0.3 is 10.1 Å². The van der Waals surface area contributed by atoms with Gasteiger partial charge in [0.25, 0.3) is 0 Å². The fraction of sp³-hybridized carbons (Fsp3) is 0.480. The van der Waals surface area contributed by atoms with Gasteiger partial charge in [-0.15, -0.1) is 5.10 Å². The standard InChI is InChI=1S/C25H32N6O/c1-19-12-21(27-25(2)17-30(18-25)14-20-8-4-3-5-9-20)13-26-24(19)23-16-31(29-28-23)15-22-10-6-7-11-32-22/h3-5,8-9,12-13,16,22,27H,6-7,10-11,14-15,17-18H2,1-2H3/t22-/m1/s1. The van der Waals surface area contributed by atoms with Crippen LogP contribution in [-0.2, 0) is 17.8 Å². The van der Waals surface area contributed by atoms with Crippen molar-refractivity contribution in [2.45, 2.75) is 57.8 Å². The van der Waals surface area contributed by atoms with Crippen LogP contribution in [0.4, 0.5) is 5.69 Å². The third-order valence-electron chi connectivity index (χ3n) is 6.36. The third kappa shape index (κ3) is 4.84. The topological polar surface area (TPSA) is 68.1 Å². The number of anilines is 1. The molecule has 0 saturated carbocycles. The summed E-state index contributed by atoms with van der Waals surface area (Å²) >= 11 is 0. The number of aromatic nitrogens is 4. The number of likely N-dealkylation sites (tertiary alicyclic amines) is 1. The molecule has 168 valence electrons. The van der Waals surface area contributed by atoms with E-state index >= 15 is 0 Å². The van der Waals surface area contributed by atoms with Crippen LogP contribution in [0.5, 0.6) is 0 Å². The molecule has 2 aromatic heterocycles. The van der Waals surface area contributed by atoms with Crippen LogP contribution in [-0.4, -0.2) is 56.2 Å². The second-order valence-corrected chi connectivity index (χ2v) is 9.52. The van der Waals surface area contributed by atoms with Crippen molar-refractivity contribution in [3.8, 4) is 11.4 Å². The fourth-order valence-corrected chi connectivity index (χ4v) is 4.89. The Morgan fingerprint density at radius 2 is 2.03 bits per heavy atom. The molecule has 0 amide bonds. The van der Waals surface area contributed by atoms with E-state index in [1.54, 1.807) is 0 Å². The minimum absolute atomic E-state index is 0.0630. The van der Waals surface area contributed by atoms with E-state index in [0.717, 1.165) is 68.3 Å². The van der Waals surface area contributed by atoms with Gasteiger partial charge in [-0.25, -0.2) is 4.68 Å². The first-order chi connectivity index (χ1) is 15.6. The zero-order valence-electron chi connectivity index (χ0n) is 19.0. The van der Waals surface area contributed by atoms with E-state index in [-0.39, 0.29) is 11.6 Å². The summed E-state index contributed by atoms with van der Waals surface area (Å²) in [5, 5.41) is 12.3. The van der Waals surface area contributed by atoms with Gasteiger partial charge in [0.05, 0.1) is 42.0 Å². The summed E-state index contributed by atoms with van der Waals surface area (Å²) in [6.45, 7) is 8.99. The fourth-order valence-electron chi connectivity index (χ4n) is 4.89. The minimum Gasteiger partial charge on any atom is -0.376 e. The van der Waals surface area contributed by atoms with Crippen LogP contribution in [0.3, 0.4) is 0 Å². The van der Waals surface area contributed by atoms with E-state index in [2.05, 4.69) is 70.8 Å². The quantitative estimate of drug-likeness (QED) is 0.611. The predicted octanol–water partition coefficient (Wildman–Crippen LogP) is 3.90. The molecule has 7 nitrogen and oxygen atoms in total. The Hall–Kier alpha value is -2.77. The molecule has 0 bridgehead atoms. The van der Waals surface area contributed by atoms with Crippen LogP contribution in [0.25, 0.3) is 11.4 Å². The summed E-state index contributed by atoms with van der Waals surface area (Å²) in [6, 6.07) is 12.8. The minimum atomic E-state index is 0.0630. The second-order valence-electron chi connectivity index (χ2n) is 9.52. The van der Waals surface area contributed by atoms with Gasteiger partial charge in [0.15, 0.2) is 0 Å². The maximum absolute atomic E-state index is 5.82. The molecular formula is C25H32N6O. The number of rotatable bonds is 7. The lowest BCUT2D eigenvalue weighted by molar-refractivity contribution is 0.00370. The molecule has 4 heterocycles. The number of pyridine rings is 1. The van der Waals surface area contributed by atoms with E-state index in [1.807, 2.05) is 17.1 Å². The van der Waals surface area contributed by atoms with E-state index in [1.165, 1.54) is 12.0 Å². The predicted molar refractivity (Wildman–Crippen MR) is 125 cm³/mol. The van der Waals surface area contributed by atoms with Crippen LogP contribution in [0.1, 0.15) is 37.3 Å². The SMILES string of the molecule is Cc1cc(NC2(C)CN(Cc3ccccc3)C2)cnc1-c1cn(C[C@H]2CCCCO2)nn1. The van der Waals surface area contributed by atoms with Crippen LogP contribution in [0, 0.1) is 6.92 Å². The highest BCUT2D eigenvalue weighted by Gasteiger charge is 2.38. The maximum Gasteiger partial charge on any atom is 0.131 e. The highest BCUT2D eigenvalue weighted by Crippen LogP contribution is 2.29. The Labute approximate surface area is 189 Å². The summed E-state index contributed by atoms with van der Waals surface area (Å²) in [4.78, 5) is 7.18. The molecule has 2 fully saturated rings. The summed E-state index contributed by atoms with van der Waals surface area (Å²) in [7, 11) is 0. The van der Waals surface area contributed by atoms with Crippen molar-refractivity contribution in [2.75, 3.05) is 25.0 Å². The Morgan fingerprint density at radius 1 is 1.19 bits per heavy atom. The first kappa shape index (κ1) is 21.1. The number of nitrogens with one attached hydrogen (secondary N) is 1. The van der Waals surface area contributed by atoms with Gasteiger partial charge in [-0.3, -0.25) is 9.88 Å². The summed E-state index contributed by atoms with van der Waals surface area (Å²) in [5.74, 6) is 0. The normalized spacial score (nSPS) is 20.6. The van der Waals surface area contributed by atoms with Crippen molar-refractivity contribution in [1.29, 1.82) is 0 Å². The first-order valence-electron chi connectivity index (χ1n) is 11.6. The molecule has 0 radical (unpaired) electrons.